The number of amides is 2. The van der Waals surface area contributed by atoms with Gasteiger partial charge in [0.2, 0.25) is 5.91 Å². The molecule has 0 bridgehead atoms. The Hall–Kier alpha value is -3.26. The monoisotopic (exact) mass is 466 g/mol. The average molecular weight is 467 g/mol. The first-order valence-electron chi connectivity index (χ1n) is 11.6. The second-order valence-electron chi connectivity index (χ2n) is 10.1. The number of nitrogens with one attached hydrogen (secondary N) is 2. The van der Waals surface area contributed by atoms with E-state index in [0.29, 0.717) is 18.5 Å². The van der Waals surface area contributed by atoms with E-state index in [4.69, 9.17) is 0 Å². The molecule has 180 valence electrons. The molecule has 2 amide bonds. The summed E-state index contributed by atoms with van der Waals surface area (Å²) < 4.78 is 15.0. The van der Waals surface area contributed by atoms with Crippen LogP contribution >= 0.6 is 0 Å². The molecule has 1 aromatic heterocycles. The van der Waals surface area contributed by atoms with Crippen molar-refractivity contribution in [3.05, 3.63) is 65.6 Å². The Morgan fingerprint density at radius 2 is 1.85 bits per heavy atom. The molecule has 3 aromatic rings. The third-order valence-corrected chi connectivity index (χ3v) is 6.36. The standard InChI is InChI=1S/C26H31FN4O3/c1-26(2,3)23(25(34)28-13-17-12-18(17)15-32)29-24(33)22-20-6-4-5-7-21(20)31(30-22)14-16-8-10-19(27)11-9-16/h4-11,17-18,23,32H,12-15H2,1-3H3,(H,28,34)(H,29,33)/t17-,18-,23-/m1/s1. The summed E-state index contributed by atoms with van der Waals surface area (Å²) in [6.07, 6.45) is 0.904. The second kappa shape index (κ2) is 9.54. The summed E-state index contributed by atoms with van der Waals surface area (Å²) in [7, 11) is 0. The minimum Gasteiger partial charge on any atom is -0.396 e. The van der Waals surface area contributed by atoms with Crippen LogP contribution in [-0.2, 0) is 11.3 Å². The summed E-state index contributed by atoms with van der Waals surface area (Å²) in [6.45, 7) is 6.70. The zero-order chi connectivity index (χ0) is 24.5. The lowest BCUT2D eigenvalue weighted by Crippen LogP contribution is -2.54. The van der Waals surface area contributed by atoms with Crippen LogP contribution in [0.15, 0.2) is 48.5 Å². The first-order valence-corrected chi connectivity index (χ1v) is 11.6. The summed E-state index contributed by atoms with van der Waals surface area (Å²) in [5, 5.41) is 20.3. The largest absolute Gasteiger partial charge is 0.396 e. The molecule has 7 nitrogen and oxygen atoms in total. The Bertz CT molecular complexity index is 1180. The van der Waals surface area contributed by atoms with E-state index >= 15 is 0 Å². The highest BCUT2D eigenvalue weighted by Crippen LogP contribution is 2.37. The number of halogens is 1. The maximum Gasteiger partial charge on any atom is 0.273 e. The minimum atomic E-state index is -0.757. The van der Waals surface area contributed by atoms with Gasteiger partial charge in [0, 0.05) is 18.5 Å². The number of fused-ring (bicyclic) bond motifs is 1. The highest BCUT2D eigenvalue weighted by molar-refractivity contribution is 6.06. The van der Waals surface area contributed by atoms with Crippen LogP contribution in [0.4, 0.5) is 4.39 Å². The maximum absolute atomic E-state index is 13.3. The predicted molar refractivity (Wildman–Crippen MR) is 128 cm³/mol. The van der Waals surface area contributed by atoms with E-state index in [1.807, 2.05) is 45.0 Å². The highest BCUT2D eigenvalue weighted by Gasteiger charge is 2.38. The molecule has 0 unspecified atom stereocenters. The molecule has 8 heteroatoms. The van der Waals surface area contributed by atoms with E-state index in [1.165, 1.54) is 12.1 Å². The van der Waals surface area contributed by atoms with Gasteiger partial charge in [0.15, 0.2) is 5.69 Å². The molecular formula is C26H31FN4O3. The van der Waals surface area contributed by atoms with E-state index in [1.54, 1.807) is 16.8 Å². The van der Waals surface area contributed by atoms with Crippen LogP contribution in [0.2, 0.25) is 0 Å². The van der Waals surface area contributed by atoms with Gasteiger partial charge in [0.05, 0.1) is 12.1 Å². The van der Waals surface area contributed by atoms with Crippen molar-refractivity contribution in [2.45, 2.75) is 39.8 Å². The summed E-state index contributed by atoms with van der Waals surface area (Å²) >= 11 is 0. The first kappa shape index (κ1) is 23.9. The lowest BCUT2D eigenvalue weighted by atomic mass is 9.86. The Labute approximate surface area is 198 Å². The van der Waals surface area contributed by atoms with Gasteiger partial charge in [-0.1, -0.05) is 51.1 Å². The molecule has 1 aliphatic rings. The summed E-state index contributed by atoms with van der Waals surface area (Å²) in [5.41, 5.74) is 1.35. The molecule has 3 N–H and O–H groups in total. The van der Waals surface area contributed by atoms with E-state index < -0.39 is 17.4 Å². The maximum atomic E-state index is 13.3. The predicted octanol–water partition coefficient (Wildman–Crippen LogP) is 3.11. The molecule has 2 aromatic carbocycles. The number of aliphatic hydroxyl groups is 1. The molecule has 0 aliphatic heterocycles. The van der Waals surface area contributed by atoms with Gasteiger partial charge in [0.25, 0.3) is 5.91 Å². The van der Waals surface area contributed by atoms with Gasteiger partial charge in [-0.2, -0.15) is 5.10 Å². The van der Waals surface area contributed by atoms with Crippen LogP contribution < -0.4 is 10.6 Å². The molecule has 0 radical (unpaired) electrons. The third-order valence-electron chi connectivity index (χ3n) is 6.36. The van der Waals surface area contributed by atoms with Gasteiger partial charge in [-0.25, -0.2) is 4.39 Å². The molecular weight excluding hydrogens is 435 g/mol. The van der Waals surface area contributed by atoms with Crippen LogP contribution in [0.5, 0.6) is 0 Å². The number of aliphatic hydroxyl groups excluding tert-OH is 1. The Morgan fingerprint density at radius 3 is 2.50 bits per heavy atom. The molecule has 1 fully saturated rings. The van der Waals surface area contributed by atoms with Crippen molar-refractivity contribution >= 4 is 22.7 Å². The lowest BCUT2D eigenvalue weighted by molar-refractivity contribution is -0.125. The number of hydrogen-bond donors (Lipinski definition) is 3. The normalized spacial score (nSPS) is 18.5. The minimum absolute atomic E-state index is 0.133. The van der Waals surface area contributed by atoms with Crippen LogP contribution in [0.1, 0.15) is 43.2 Å². The smallest absolute Gasteiger partial charge is 0.273 e. The lowest BCUT2D eigenvalue weighted by Gasteiger charge is -2.30. The molecule has 3 atom stereocenters. The van der Waals surface area contributed by atoms with E-state index in [2.05, 4.69) is 15.7 Å². The van der Waals surface area contributed by atoms with Crippen LogP contribution in [0.25, 0.3) is 10.9 Å². The van der Waals surface area contributed by atoms with E-state index in [9.17, 15) is 19.1 Å². The fourth-order valence-electron chi connectivity index (χ4n) is 4.17. The number of carbonyl (C=O) groups is 2. The van der Waals surface area contributed by atoms with Crippen molar-refractivity contribution in [2.75, 3.05) is 13.2 Å². The zero-order valence-electron chi connectivity index (χ0n) is 19.7. The van der Waals surface area contributed by atoms with Crippen molar-refractivity contribution < 1.29 is 19.1 Å². The fourth-order valence-corrected chi connectivity index (χ4v) is 4.17. The van der Waals surface area contributed by atoms with Crippen molar-refractivity contribution in [1.29, 1.82) is 0 Å². The number of hydrogen-bond acceptors (Lipinski definition) is 4. The molecule has 0 saturated heterocycles. The molecule has 1 saturated carbocycles. The Morgan fingerprint density at radius 1 is 1.15 bits per heavy atom. The number of nitrogens with zero attached hydrogens (tertiary/aromatic N) is 2. The quantitative estimate of drug-likeness (QED) is 0.475. The third kappa shape index (κ3) is 5.28. The molecule has 4 rings (SSSR count). The number of benzene rings is 2. The Kier molecular flexibility index (Phi) is 6.70. The topological polar surface area (TPSA) is 96.2 Å². The first-order chi connectivity index (χ1) is 16.2. The molecule has 0 spiro atoms. The Balaban J connectivity index is 1.54. The number of para-hydroxylation sites is 1. The number of carbonyl (C=O) groups excluding carboxylic acids is 2. The summed E-state index contributed by atoms with van der Waals surface area (Å²) in [6, 6.07) is 12.8. The van der Waals surface area contributed by atoms with Gasteiger partial charge in [-0.05, 0) is 47.4 Å². The second-order valence-corrected chi connectivity index (χ2v) is 10.1. The van der Waals surface area contributed by atoms with E-state index in [-0.39, 0.29) is 35.9 Å². The number of rotatable bonds is 8. The van der Waals surface area contributed by atoms with Gasteiger partial charge in [0.1, 0.15) is 11.9 Å². The van der Waals surface area contributed by atoms with Crippen LogP contribution in [0, 0.1) is 23.1 Å². The van der Waals surface area contributed by atoms with Gasteiger partial charge in [-0.3, -0.25) is 14.3 Å². The van der Waals surface area contributed by atoms with Crippen molar-refractivity contribution in [3.63, 3.8) is 0 Å². The summed E-state index contributed by atoms with van der Waals surface area (Å²) in [4.78, 5) is 26.3. The SMILES string of the molecule is CC(C)(C)[C@H](NC(=O)c1nn(Cc2ccc(F)cc2)c2ccccc12)C(=O)NC[C@H]1C[C@@H]1CO. The van der Waals surface area contributed by atoms with Gasteiger partial charge >= 0.3 is 0 Å². The van der Waals surface area contributed by atoms with Gasteiger partial charge < -0.3 is 15.7 Å². The van der Waals surface area contributed by atoms with Crippen molar-refractivity contribution in [3.8, 4) is 0 Å². The highest BCUT2D eigenvalue weighted by atomic mass is 19.1. The molecule has 1 aliphatic carbocycles. The van der Waals surface area contributed by atoms with Gasteiger partial charge in [-0.15, -0.1) is 0 Å². The van der Waals surface area contributed by atoms with E-state index in [0.717, 1.165) is 17.5 Å². The zero-order valence-corrected chi connectivity index (χ0v) is 19.7. The fraction of sp³-hybridized carbons (Fsp3) is 0.423. The molecule has 1 heterocycles. The summed E-state index contributed by atoms with van der Waals surface area (Å²) in [5.74, 6) is -0.451. The van der Waals surface area contributed by atoms with Crippen LogP contribution in [-0.4, -0.2) is 45.9 Å². The number of aromatic nitrogens is 2. The molecule has 34 heavy (non-hydrogen) atoms. The van der Waals surface area contributed by atoms with Crippen molar-refractivity contribution in [2.24, 2.45) is 17.3 Å². The van der Waals surface area contributed by atoms with Crippen molar-refractivity contribution in [1.82, 2.24) is 20.4 Å². The average Bonchev–Trinajstić information content (AvgIpc) is 3.48. The van der Waals surface area contributed by atoms with Crippen LogP contribution in [0.3, 0.4) is 0 Å².